The van der Waals surface area contributed by atoms with Crippen molar-refractivity contribution in [1.29, 1.82) is 0 Å². The van der Waals surface area contributed by atoms with E-state index in [4.69, 9.17) is 0 Å². The van der Waals surface area contributed by atoms with Gasteiger partial charge in [0, 0.05) is 6.08 Å². The minimum atomic E-state index is -1.69. The molecule has 0 fully saturated rings. The lowest BCUT2D eigenvalue weighted by Gasteiger charge is -1.86. The summed E-state index contributed by atoms with van der Waals surface area (Å²) in [4.78, 5) is 0. The Balaban J connectivity index is 2.87. The topological polar surface area (TPSA) is 0 Å². The number of rotatable bonds is 1. The first-order valence-electron chi connectivity index (χ1n) is 2.78. The van der Waals surface area contributed by atoms with Gasteiger partial charge in [-0.3, -0.25) is 0 Å². The zero-order valence-electron chi connectivity index (χ0n) is 5.14. The van der Waals surface area contributed by atoms with E-state index in [1.54, 1.807) is 24.3 Å². The summed E-state index contributed by atoms with van der Waals surface area (Å²) in [6.45, 7) is 0. The largest absolute Gasteiger partial charge is 0.270 e. The maximum atomic E-state index is 11.6. The molecule has 0 heterocycles. The van der Waals surface area contributed by atoms with Gasteiger partial charge in [0.1, 0.15) is 0 Å². The molecule has 1 radical (unpaired) electrons. The van der Waals surface area contributed by atoms with Gasteiger partial charge < -0.3 is 0 Å². The Morgan fingerprint density at radius 2 is 2.20 bits per heavy atom. The van der Waals surface area contributed by atoms with E-state index in [9.17, 15) is 8.78 Å². The molecular weight excluding hydrogens is 134 g/mol. The lowest BCUT2D eigenvalue weighted by Crippen LogP contribution is -1.68. The second-order valence-electron chi connectivity index (χ2n) is 1.75. The Bertz CT molecular complexity index is 222. The van der Waals surface area contributed by atoms with Gasteiger partial charge in [-0.2, -0.15) is 8.78 Å². The normalized spacial score (nSPS) is 9.00. The van der Waals surface area contributed by atoms with Crippen molar-refractivity contribution < 1.29 is 8.78 Å². The minimum Gasteiger partial charge on any atom is -0.173 e. The van der Waals surface area contributed by atoms with Crippen LogP contribution >= 0.6 is 0 Å². The number of hydrogen-bond donors (Lipinski definition) is 0. The molecule has 0 aromatic heterocycles. The first-order chi connectivity index (χ1) is 4.79. The molecule has 0 saturated heterocycles. The molecule has 1 rings (SSSR count). The van der Waals surface area contributed by atoms with Crippen LogP contribution in [0.3, 0.4) is 0 Å². The third kappa shape index (κ3) is 1.97. The van der Waals surface area contributed by atoms with Crippen molar-refractivity contribution in [3.63, 3.8) is 0 Å². The van der Waals surface area contributed by atoms with Crippen LogP contribution in [0.5, 0.6) is 0 Å². The van der Waals surface area contributed by atoms with Crippen molar-refractivity contribution in [2.75, 3.05) is 0 Å². The standard InChI is InChI=1S/C8H5F2/c9-8(10)6-7-4-2-1-3-5-7/h1-4,6H. The van der Waals surface area contributed by atoms with E-state index in [2.05, 4.69) is 6.07 Å². The number of hydrogen-bond acceptors (Lipinski definition) is 0. The maximum absolute atomic E-state index is 11.6. The van der Waals surface area contributed by atoms with Crippen molar-refractivity contribution in [3.05, 3.63) is 42.0 Å². The minimum absolute atomic E-state index is 0.405. The van der Waals surface area contributed by atoms with Gasteiger partial charge in [-0.1, -0.05) is 24.3 Å². The fraction of sp³-hybridized carbons (Fsp3) is 0. The van der Waals surface area contributed by atoms with Gasteiger partial charge in [-0.15, -0.1) is 0 Å². The fourth-order valence-electron chi connectivity index (χ4n) is 0.615. The molecular formula is C8H5F2. The van der Waals surface area contributed by atoms with E-state index < -0.39 is 6.08 Å². The van der Waals surface area contributed by atoms with E-state index >= 15 is 0 Å². The molecule has 0 aliphatic carbocycles. The van der Waals surface area contributed by atoms with Gasteiger partial charge in [0.05, 0.1) is 0 Å². The van der Waals surface area contributed by atoms with Gasteiger partial charge in [0.25, 0.3) is 6.08 Å². The highest BCUT2D eigenvalue weighted by Crippen LogP contribution is 2.06. The molecule has 51 valence electrons. The second-order valence-corrected chi connectivity index (χ2v) is 1.75. The van der Waals surface area contributed by atoms with Crippen LogP contribution in [0.15, 0.2) is 30.3 Å². The van der Waals surface area contributed by atoms with Crippen LogP contribution < -0.4 is 0 Å². The molecule has 0 N–H and O–H groups in total. The molecule has 0 bridgehead atoms. The van der Waals surface area contributed by atoms with E-state index in [0.717, 1.165) is 6.08 Å². The van der Waals surface area contributed by atoms with Crippen molar-refractivity contribution in [3.8, 4) is 0 Å². The maximum Gasteiger partial charge on any atom is 0.270 e. The van der Waals surface area contributed by atoms with Gasteiger partial charge in [0.15, 0.2) is 0 Å². The molecule has 0 spiro atoms. The molecule has 0 aliphatic rings. The van der Waals surface area contributed by atoms with Crippen LogP contribution in [-0.4, -0.2) is 0 Å². The third-order valence-electron chi connectivity index (χ3n) is 0.998. The predicted octanol–water partition coefficient (Wildman–Crippen LogP) is 2.72. The second kappa shape index (κ2) is 3.11. The van der Waals surface area contributed by atoms with Crippen LogP contribution in [0.1, 0.15) is 5.56 Å². The lowest BCUT2D eigenvalue weighted by atomic mass is 10.2. The summed E-state index contributed by atoms with van der Waals surface area (Å²) in [6, 6.07) is 9.22. The summed E-state index contributed by atoms with van der Waals surface area (Å²) in [6.07, 6.45) is -0.914. The van der Waals surface area contributed by atoms with E-state index in [1.165, 1.54) is 0 Å². The van der Waals surface area contributed by atoms with E-state index in [-0.39, 0.29) is 0 Å². The molecule has 0 aliphatic heterocycles. The lowest BCUT2D eigenvalue weighted by molar-refractivity contribution is 0.429. The monoisotopic (exact) mass is 139 g/mol. The van der Waals surface area contributed by atoms with Gasteiger partial charge in [-0.05, 0) is 11.6 Å². The molecule has 0 atom stereocenters. The van der Waals surface area contributed by atoms with E-state index in [1.807, 2.05) is 0 Å². The van der Waals surface area contributed by atoms with Crippen molar-refractivity contribution in [2.45, 2.75) is 0 Å². The zero-order chi connectivity index (χ0) is 7.40. The highest BCUT2D eigenvalue weighted by atomic mass is 19.3. The third-order valence-corrected chi connectivity index (χ3v) is 0.998. The average Bonchev–Trinajstić information content (AvgIpc) is 1.88. The highest BCUT2D eigenvalue weighted by molar-refractivity contribution is 5.48. The summed E-state index contributed by atoms with van der Waals surface area (Å²) in [5, 5.41) is 0. The summed E-state index contributed by atoms with van der Waals surface area (Å²) in [5.41, 5.74) is 0.405. The Morgan fingerprint density at radius 3 is 2.70 bits per heavy atom. The predicted molar refractivity (Wildman–Crippen MR) is 35.5 cm³/mol. The summed E-state index contributed by atoms with van der Waals surface area (Å²) >= 11 is 0. The van der Waals surface area contributed by atoms with Crippen molar-refractivity contribution in [1.82, 2.24) is 0 Å². The summed E-state index contributed by atoms with van der Waals surface area (Å²) < 4.78 is 23.1. The first kappa shape index (κ1) is 6.93. The average molecular weight is 139 g/mol. The van der Waals surface area contributed by atoms with Crippen LogP contribution in [0, 0.1) is 6.07 Å². The van der Waals surface area contributed by atoms with Gasteiger partial charge in [-0.25, -0.2) is 0 Å². The van der Waals surface area contributed by atoms with Crippen LogP contribution in [0.25, 0.3) is 6.08 Å². The van der Waals surface area contributed by atoms with Crippen molar-refractivity contribution in [2.24, 2.45) is 0 Å². The number of benzene rings is 1. The Hall–Kier alpha value is -1.18. The van der Waals surface area contributed by atoms with Crippen LogP contribution in [0.4, 0.5) is 8.78 Å². The molecule has 1 aromatic rings. The Morgan fingerprint density at radius 1 is 1.40 bits per heavy atom. The quantitative estimate of drug-likeness (QED) is 0.561. The smallest absolute Gasteiger partial charge is 0.173 e. The molecule has 0 nitrogen and oxygen atoms in total. The summed E-state index contributed by atoms with van der Waals surface area (Å²) in [7, 11) is 0. The Labute approximate surface area is 57.8 Å². The van der Waals surface area contributed by atoms with Crippen LogP contribution in [-0.2, 0) is 0 Å². The Kier molecular flexibility index (Phi) is 2.15. The molecule has 0 saturated carbocycles. The molecule has 2 heteroatoms. The molecule has 0 unspecified atom stereocenters. The zero-order valence-corrected chi connectivity index (χ0v) is 5.14. The van der Waals surface area contributed by atoms with Crippen LogP contribution in [0.2, 0.25) is 0 Å². The van der Waals surface area contributed by atoms with Gasteiger partial charge >= 0.3 is 0 Å². The highest BCUT2D eigenvalue weighted by Gasteiger charge is 1.89. The van der Waals surface area contributed by atoms with E-state index in [0.29, 0.717) is 5.56 Å². The first-order valence-corrected chi connectivity index (χ1v) is 2.78. The van der Waals surface area contributed by atoms with Crippen molar-refractivity contribution >= 4 is 6.08 Å². The number of halogens is 2. The molecule has 0 amide bonds. The fourth-order valence-corrected chi connectivity index (χ4v) is 0.615. The molecule has 1 aromatic carbocycles. The SMILES string of the molecule is FC(F)=Cc1[c]cccc1. The summed E-state index contributed by atoms with van der Waals surface area (Å²) in [5.74, 6) is 0. The van der Waals surface area contributed by atoms with Gasteiger partial charge in [0.2, 0.25) is 0 Å². The molecule has 10 heavy (non-hydrogen) atoms.